The molecule has 0 unspecified atom stereocenters. The van der Waals surface area contributed by atoms with Gasteiger partial charge in [0.1, 0.15) is 5.75 Å². The third-order valence-electron chi connectivity index (χ3n) is 5.35. The van der Waals surface area contributed by atoms with Gasteiger partial charge >= 0.3 is 0 Å². The lowest BCUT2D eigenvalue weighted by atomic mass is 10.1. The molecule has 2 aliphatic rings. The standard InChI is InChI=1S/C22H27N3O3S/c1-26-19-5-2-17(3-6-19)8-9-23-22(29)25-12-10-24(11-13-25)15-18-4-7-20-21(14-18)28-16-27-20/h2-7,14H,8-13,15-16H2,1H3,(H,23,29). The molecule has 29 heavy (non-hydrogen) atoms. The number of hydrogen-bond donors (Lipinski definition) is 1. The monoisotopic (exact) mass is 413 g/mol. The molecule has 0 bridgehead atoms. The molecule has 6 nitrogen and oxygen atoms in total. The van der Waals surface area contributed by atoms with E-state index in [-0.39, 0.29) is 0 Å². The van der Waals surface area contributed by atoms with Crippen molar-refractivity contribution in [3.8, 4) is 17.2 Å². The molecular formula is C22H27N3O3S. The average Bonchev–Trinajstić information content (AvgIpc) is 3.22. The lowest BCUT2D eigenvalue weighted by Crippen LogP contribution is -2.51. The van der Waals surface area contributed by atoms with E-state index >= 15 is 0 Å². The minimum Gasteiger partial charge on any atom is -0.497 e. The molecule has 4 rings (SSSR count). The fourth-order valence-corrected chi connectivity index (χ4v) is 3.91. The number of hydrogen-bond acceptors (Lipinski definition) is 5. The minimum atomic E-state index is 0.320. The van der Waals surface area contributed by atoms with Gasteiger partial charge in [-0.2, -0.15) is 0 Å². The first-order valence-corrected chi connectivity index (χ1v) is 10.4. The Morgan fingerprint density at radius 3 is 2.48 bits per heavy atom. The minimum absolute atomic E-state index is 0.320. The molecule has 2 aromatic carbocycles. The normalized spacial score (nSPS) is 16.0. The fourth-order valence-electron chi connectivity index (χ4n) is 3.62. The van der Waals surface area contributed by atoms with E-state index < -0.39 is 0 Å². The second kappa shape index (κ2) is 9.33. The number of rotatable bonds is 6. The van der Waals surface area contributed by atoms with Crippen LogP contribution in [-0.2, 0) is 13.0 Å². The van der Waals surface area contributed by atoms with E-state index in [0.29, 0.717) is 6.79 Å². The Morgan fingerprint density at radius 2 is 1.72 bits per heavy atom. The lowest BCUT2D eigenvalue weighted by Gasteiger charge is -2.36. The molecule has 0 aromatic heterocycles. The van der Waals surface area contributed by atoms with Crippen molar-refractivity contribution in [2.45, 2.75) is 13.0 Å². The van der Waals surface area contributed by atoms with Crippen LogP contribution >= 0.6 is 12.2 Å². The largest absolute Gasteiger partial charge is 0.497 e. The Bertz CT molecular complexity index is 836. The number of nitrogens with zero attached hydrogens (tertiary/aromatic N) is 2. The molecule has 0 spiro atoms. The average molecular weight is 414 g/mol. The number of piperazine rings is 1. The summed E-state index contributed by atoms with van der Waals surface area (Å²) in [6.07, 6.45) is 0.939. The summed E-state index contributed by atoms with van der Waals surface area (Å²) >= 11 is 5.60. The van der Waals surface area contributed by atoms with Crippen molar-refractivity contribution in [2.75, 3.05) is 46.6 Å². The van der Waals surface area contributed by atoms with E-state index in [9.17, 15) is 0 Å². The summed E-state index contributed by atoms with van der Waals surface area (Å²) in [5.74, 6) is 2.57. The van der Waals surface area contributed by atoms with Crippen molar-refractivity contribution in [3.05, 3.63) is 53.6 Å². The Morgan fingerprint density at radius 1 is 1.00 bits per heavy atom. The van der Waals surface area contributed by atoms with Crippen molar-refractivity contribution < 1.29 is 14.2 Å². The van der Waals surface area contributed by atoms with Gasteiger partial charge in [0.05, 0.1) is 7.11 Å². The second-order valence-corrected chi connectivity index (χ2v) is 7.67. The Hall–Kier alpha value is -2.51. The first-order chi connectivity index (χ1) is 14.2. The predicted octanol–water partition coefficient (Wildman–Crippen LogP) is 2.66. The van der Waals surface area contributed by atoms with Crippen LogP contribution in [0.1, 0.15) is 11.1 Å². The van der Waals surface area contributed by atoms with Gasteiger partial charge in [-0.05, 0) is 54.0 Å². The first kappa shape index (κ1) is 19.8. The van der Waals surface area contributed by atoms with Gasteiger partial charge in [0.2, 0.25) is 6.79 Å². The molecular weight excluding hydrogens is 386 g/mol. The van der Waals surface area contributed by atoms with E-state index in [1.54, 1.807) is 7.11 Å². The molecule has 7 heteroatoms. The van der Waals surface area contributed by atoms with Gasteiger partial charge in [0, 0.05) is 39.3 Å². The van der Waals surface area contributed by atoms with E-state index in [4.69, 9.17) is 26.4 Å². The molecule has 1 saturated heterocycles. The molecule has 2 aromatic rings. The number of nitrogens with one attached hydrogen (secondary N) is 1. The zero-order valence-electron chi connectivity index (χ0n) is 16.7. The molecule has 1 fully saturated rings. The van der Waals surface area contributed by atoms with E-state index in [2.05, 4.69) is 39.4 Å². The van der Waals surface area contributed by atoms with Gasteiger partial charge in [0.25, 0.3) is 0 Å². The molecule has 154 valence electrons. The Kier molecular flexibility index (Phi) is 6.36. The van der Waals surface area contributed by atoms with E-state index in [0.717, 1.165) is 68.1 Å². The van der Waals surface area contributed by atoms with Crippen LogP contribution in [0.15, 0.2) is 42.5 Å². The summed E-state index contributed by atoms with van der Waals surface area (Å²) in [7, 11) is 1.68. The highest BCUT2D eigenvalue weighted by Gasteiger charge is 2.20. The van der Waals surface area contributed by atoms with Crippen LogP contribution in [0.25, 0.3) is 0 Å². The quantitative estimate of drug-likeness (QED) is 0.731. The molecule has 2 heterocycles. The number of methoxy groups -OCH3 is 1. The zero-order valence-corrected chi connectivity index (χ0v) is 17.5. The van der Waals surface area contributed by atoms with Crippen LogP contribution in [0, 0.1) is 0 Å². The van der Waals surface area contributed by atoms with Gasteiger partial charge < -0.3 is 24.4 Å². The summed E-state index contributed by atoms with van der Waals surface area (Å²) in [6.45, 7) is 5.95. The molecule has 0 amide bonds. The lowest BCUT2D eigenvalue weighted by molar-refractivity contribution is 0.172. The highest BCUT2D eigenvalue weighted by molar-refractivity contribution is 7.80. The maximum absolute atomic E-state index is 5.60. The van der Waals surface area contributed by atoms with E-state index in [1.807, 2.05) is 18.2 Å². The predicted molar refractivity (Wildman–Crippen MR) is 117 cm³/mol. The van der Waals surface area contributed by atoms with E-state index in [1.165, 1.54) is 11.1 Å². The van der Waals surface area contributed by atoms with Gasteiger partial charge in [0.15, 0.2) is 16.6 Å². The summed E-state index contributed by atoms with van der Waals surface area (Å²) < 4.78 is 16.1. The maximum Gasteiger partial charge on any atom is 0.231 e. The topological polar surface area (TPSA) is 46.2 Å². The van der Waals surface area contributed by atoms with Gasteiger partial charge in [-0.1, -0.05) is 18.2 Å². The van der Waals surface area contributed by atoms with Crippen LogP contribution in [0.2, 0.25) is 0 Å². The summed E-state index contributed by atoms with van der Waals surface area (Å²) in [6, 6.07) is 14.4. The summed E-state index contributed by atoms with van der Waals surface area (Å²) in [5, 5.41) is 4.25. The van der Waals surface area contributed by atoms with Crippen LogP contribution in [0.5, 0.6) is 17.2 Å². The number of fused-ring (bicyclic) bond motifs is 1. The van der Waals surface area contributed by atoms with Crippen LogP contribution < -0.4 is 19.5 Å². The molecule has 0 saturated carbocycles. The molecule has 0 radical (unpaired) electrons. The van der Waals surface area contributed by atoms with Gasteiger partial charge in [-0.15, -0.1) is 0 Å². The molecule has 0 atom stereocenters. The van der Waals surface area contributed by atoms with Crippen LogP contribution in [0.4, 0.5) is 0 Å². The van der Waals surface area contributed by atoms with Crippen LogP contribution in [0.3, 0.4) is 0 Å². The highest BCUT2D eigenvalue weighted by atomic mass is 32.1. The smallest absolute Gasteiger partial charge is 0.231 e. The second-order valence-electron chi connectivity index (χ2n) is 7.28. The van der Waals surface area contributed by atoms with Crippen molar-refractivity contribution >= 4 is 17.3 Å². The van der Waals surface area contributed by atoms with Crippen molar-refractivity contribution in [1.82, 2.24) is 15.1 Å². The van der Waals surface area contributed by atoms with Crippen molar-refractivity contribution in [3.63, 3.8) is 0 Å². The number of ether oxygens (including phenoxy) is 3. The highest BCUT2D eigenvalue weighted by Crippen LogP contribution is 2.32. The molecule has 2 aliphatic heterocycles. The third kappa shape index (κ3) is 5.10. The fraction of sp³-hybridized carbons (Fsp3) is 0.409. The first-order valence-electron chi connectivity index (χ1n) is 9.98. The third-order valence-corrected chi connectivity index (χ3v) is 5.75. The molecule has 1 N–H and O–H groups in total. The van der Waals surface area contributed by atoms with Crippen molar-refractivity contribution in [1.29, 1.82) is 0 Å². The van der Waals surface area contributed by atoms with Gasteiger partial charge in [-0.3, -0.25) is 4.90 Å². The zero-order chi connectivity index (χ0) is 20.1. The number of thiocarbonyl (C=S) groups is 1. The SMILES string of the molecule is COc1ccc(CCNC(=S)N2CCN(Cc3ccc4c(c3)OCO4)CC2)cc1. The number of benzene rings is 2. The Labute approximate surface area is 177 Å². The van der Waals surface area contributed by atoms with Crippen LogP contribution in [-0.4, -0.2) is 61.5 Å². The van der Waals surface area contributed by atoms with Gasteiger partial charge in [-0.25, -0.2) is 0 Å². The summed E-state index contributed by atoms with van der Waals surface area (Å²) in [5.41, 5.74) is 2.53. The summed E-state index contributed by atoms with van der Waals surface area (Å²) in [4.78, 5) is 4.72. The maximum atomic E-state index is 5.60. The van der Waals surface area contributed by atoms with Crippen molar-refractivity contribution in [2.24, 2.45) is 0 Å². The Balaban J connectivity index is 1.18. The molecule has 0 aliphatic carbocycles.